The van der Waals surface area contributed by atoms with Gasteiger partial charge in [-0.1, -0.05) is 25.3 Å². The molecule has 2 N–H and O–H groups in total. The van der Waals surface area contributed by atoms with E-state index in [1.165, 1.54) is 19.3 Å². The van der Waals surface area contributed by atoms with Crippen molar-refractivity contribution in [3.05, 3.63) is 24.3 Å². The highest BCUT2D eigenvalue weighted by Gasteiger charge is 2.31. The number of benzene rings is 1. The van der Waals surface area contributed by atoms with Crippen molar-refractivity contribution in [3.8, 4) is 11.5 Å². The highest BCUT2D eigenvalue weighted by molar-refractivity contribution is 5.81. The van der Waals surface area contributed by atoms with Gasteiger partial charge in [0.1, 0.15) is 11.5 Å². The first-order valence-corrected chi connectivity index (χ1v) is 11.2. The van der Waals surface area contributed by atoms with Gasteiger partial charge in [-0.25, -0.2) is 0 Å². The van der Waals surface area contributed by atoms with Crippen molar-refractivity contribution in [2.75, 3.05) is 40.4 Å². The number of nitrogens with zero attached hydrogens (tertiary/aromatic N) is 2. The summed E-state index contributed by atoms with van der Waals surface area (Å²) >= 11 is 0. The largest absolute Gasteiger partial charge is 0.497 e. The van der Waals surface area contributed by atoms with E-state index in [1.807, 2.05) is 29.2 Å². The Kier molecular flexibility index (Phi) is 8.66. The Morgan fingerprint density at radius 2 is 2.00 bits per heavy atom. The normalized spacial score (nSPS) is 20.1. The highest BCUT2D eigenvalue weighted by atomic mass is 16.5. The Bertz CT molecular complexity index is 703. The summed E-state index contributed by atoms with van der Waals surface area (Å²) < 4.78 is 11.0. The molecule has 1 saturated heterocycles. The number of likely N-dealkylation sites (tertiary alicyclic amines) is 1. The monoisotopic (exact) mass is 416 g/mol. The number of carbonyl (C=O) groups is 1. The van der Waals surface area contributed by atoms with Gasteiger partial charge >= 0.3 is 0 Å². The average Bonchev–Trinajstić information content (AvgIpc) is 3.26. The summed E-state index contributed by atoms with van der Waals surface area (Å²) in [5.74, 6) is 3.00. The molecule has 166 valence electrons. The second kappa shape index (κ2) is 11.7. The molecule has 2 fully saturated rings. The van der Waals surface area contributed by atoms with E-state index in [9.17, 15) is 4.79 Å². The number of amides is 1. The lowest BCUT2D eigenvalue weighted by Gasteiger charge is -2.26. The smallest absolute Gasteiger partial charge is 0.225 e. The van der Waals surface area contributed by atoms with Crippen molar-refractivity contribution < 1.29 is 14.3 Å². The number of guanidine groups is 1. The maximum atomic E-state index is 12.7. The van der Waals surface area contributed by atoms with Gasteiger partial charge in [0.2, 0.25) is 5.91 Å². The lowest BCUT2D eigenvalue weighted by molar-refractivity contribution is -0.135. The number of carbonyl (C=O) groups excluding carboxylic acids is 1. The molecule has 30 heavy (non-hydrogen) atoms. The summed E-state index contributed by atoms with van der Waals surface area (Å²) in [6.07, 6.45) is 7.63. The van der Waals surface area contributed by atoms with Crippen LogP contribution in [-0.2, 0) is 4.79 Å². The van der Waals surface area contributed by atoms with Gasteiger partial charge in [-0.2, -0.15) is 0 Å². The van der Waals surface area contributed by atoms with Crippen LogP contribution in [0.25, 0.3) is 0 Å². The SMILES string of the molecule is CN=C(NCCCOc1cccc(OC)c1)NC1CCN(C(=O)C2CCCCC2)C1. The molecule has 3 rings (SSSR count). The Morgan fingerprint density at radius 1 is 1.20 bits per heavy atom. The molecule has 1 aliphatic carbocycles. The summed E-state index contributed by atoms with van der Waals surface area (Å²) in [6.45, 7) is 3.00. The van der Waals surface area contributed by atoms with Crippen LogP contribution in [0.5, 0.6) is 11.5 Å². The fourth-order valence-corrected chi connectivity index (χ4v) is 4.23. The summed E-state index contributed by atoms with van der Waals surface area (Å²) in [6, 6.07) is 7.89. The molecule has 7 nitrogen and oxygen atoms in total. The standard InChI is InChI=1S/C23H36N4O3/c1-24-23(25-13-7-15-30-21-11-6-10-20(16-21)29-2)26-19-12-14-27(17-19)22(28)18-8-4-3-5-9-18/h6,10-11,16,18-19H,3-5,7-9,12-15,17H2,1-2H3,(H2,24,25,26). The molecule has 0 aromatic heterocycles. The number of ether oxygens (including phenoxy) is 2. The molecular formula is C23H36N4O3. The van der Waals surface area contributed by atoms with Crippen LogP contribution in [-0.4, -0.2) is 63.2 Å². The zero-order valence-electron chi connectivity index (χ0n) is 18.4. The first kappa shape index (κ1) is 22.2. The second-order valence-electron chi connectivity index (χ2n) is 8.13. The highest BCUT2D eigenvalue weighted by Crippen LogP contribution is 2.26. The fourth-order valence-electron chi connectivity index (χ4n) is 4.23. The third kappa shape index (κ3) is 6.54. The Morgan fingerprint density at radius 3 is 2.77 bits per heavy atom. The van der Waals surface area contributed by atoms with Gasteiger partial charge in [0.15, 0.2) is 5.96 Å². The van der Waals surface area contributed by atoms with Gasteiger partial charge in [0, 0.05) is 44.7 Å². The first-order chi connectivity index (χ1) is 14.7. The van der Waals surface area contributed by atoms with Crippen molar-refractivity contribution >= 4 is 11.9 Å². The van der Waals surface area contributed by atoms with Crippen LogP contribution >= 0.6 is 0 Å². The molecule has 1 aromatic rings. The van der Waals surface area contributed by atoms with Crippen LogP contribution in [0, 0.1) is 5.92 Å². The molecule has 2 aliphatic rings. The number of methoxy groups -OCH3 is 1. The number of hydrogen-bond donors (Lipinski definition) is 2. The van der Waals surface area contributed by atoms with E-state index >= 15 is 0 Å². The molecule has 0 spiro atoms. The molecule has 1 aromatic carbocycles. The third-order valence-electron chi connectivity index (χ3n) is 5.94. The second-order valence-corrected chi connectivity index (χ2v) is 8.13. The maximum Gasteiger partial charge on any atom is 0.225 e. The summed E-state index contributed by atoms with van der Waals surface area (Å²) in [5, 5.41) is 6.81. The van der Waals surface area contributed by atoms with E-state index in [0.717, 1.165) is 62.8 Å². The van der Waals surface area contributed by atoms with Crippen molar-refractivity contribution in [1.82, 2.24) is 15.5 Å². The van der Waals surface area contributed by atoms with Crippen LogP contribution in [0.2, 0.25) is 0 Å². The van der Waals surface area contributed by atoms with E-state index in [0.29, 0.717) is 12.5 Å². The Labute approximate surface area is 180 Å². The van der Waals surface area contributed by atoms with Gasteiger partial charge < -0.3 is 25.0 Å². The average molecular weight is 417 g/mol. The van der Waals surface area contributed by atoms with Crippen molar-refractivity contribution in [1.29, 1.82) is 0 Å². The third-order valence-corrected chi connectivity index (χ3v) is 5.94. The lowest BCUT2D eigenvalue weighted by Crippen LogP contribution is -2.46. The lowest BCUT2D eigenvalue weighted by atomic mass is 9.88. The Balaban J connectivity index is 1.33. The summed E-state index contributed by atoms with van der Waals surface area (Å²) in [7, 11) is 3.43. The minimum Gasteiger partial charge on any atom is -0.497 e. The van der Waals surface area contributed by atoms with Crippen LogP contribution in [0.4, 0.5) is 0 Å². The van der Waals surface area contributed by atoms with Gasteiger partial charge in [0.05, 0.1) is 13.7 Å². The number of hydrogen-bond acceptors (Lipinski definition) is 4. The molecule has 0 radical (unpaired) electrons. The van der Waals surface area contributed by atoms with Crippen LogP contribution in [0.1, 0.15) is 44.9 Å². The van der Waals surface area contributed by atoms with Gasteiger partial charge in [-0.15, -0.1) is 0 Å². The molecule has 1 heterocycles. The zero-order valence-corrected chi connectivity index (χ0v) is 18.4. The molecule has 1 saturated carbocycles. The summed E-state index contributed by atoms with van der Waals surface area (Å²) in [5.41, 5.74) is 0. The van der Waals surface area contributed by atoms with Crippen LogP contribution in [0.15, 0.2) is 29.3 Å². The first-order valence-electron chi connectivity index (χ1n) is 11.2. The number of rotatable bonds is 8. The summed E-state index contributed by atoms with van der Waals surface area (Å²) in [4.78, 5) is 19.1. The predicted molar refractivity (Wildman–Crippen MR) is 119 cm³/mol. The molecule has 1 aliphatic heterocycles. The molecule has 7 heteroatoms. The molecular weight excluding hydrogens is 380 g/mol. The Hall–Kier alpha value is -2.44. The van der Waals surface area contributed by atoms with E-state index in [1.54, 1.807) is 14.2 Å². The molecule has 1 unspecified atom stereocenters. The van der Waals surface area contributed by atoms with Gasteiger partial charge in [0.25, 0.3) is 0 Å². The molecule has 1 amide bonds. The van der Waals surface area contributed by atoms with E-state index in [-0.39, 0.29) is 12.0 Å². The quantitative estimate of drug-likeness (QED) is 0.387. The molecule has 0 bridgehead atoms. The fraction of sp³-hybridized carbons (Fsp3) is 0.652. The maximum absolute atomic E-state index is 12.7. The number of nitrogens with one attached hydrogen (secondary N) is 2. The number of aliphatic imine (C=N–C) groups is 1. The van der Waals surface area contributed by atoms with Crippen molar-refractivity contribution in [2.24, 2.45) is 10.9 Å². The van der Waals surface area contributed by atoms with E-state index in [4.69, 9.17) is 9.47 Å². The zero-order chi connectivity index (χ0) is 21.2. The van der Waals surface area contributed by atoms with Crippen molar-refractivity contribution in [2.45, 2.75) is 51.0 Å². The van der Waals surface area contributed by atoms with E-state index in [2.05, 4.69) is 15.6 Å². The van der Waals surface area contributed by atoms with Crippen LogP contribution < -0.4 is 20.1 Å². The predicted octanol–water partition coefficient (Wildman–Crippen LogP) is 2.81. The molecule has 1 atom stereocenters. The van der Waals surface area contributed by atoms with Gasteiger partial charge in [-0.05, 0) is 37.8 Å². The minimum atomic E-state index is 0.250. The van der Waals surface area contributed by atoms with E-state index < -0.39 is 0 Å². The van der Waals surface area contributed by atoms with Crippen molar-refractivity contribution in [3.63, 3.8) is 0 Å². The van der Waals surface area contributed by atoms with Crippen LogP contribution in [0.3, 0.4) is 0 Å². The van der Waals surface area contributed by atoms with Gasteiger partial charge in [-0.3, -0.25) is 9.79 Å². The topological polar surface area (TPSA) is 75.2 Å². The minimum absolute atomic E-state index is 0.250.